The van der Waals surface area contributed by atoms with Crippen LogP contribution in [0, 0.1) is 0 Å². The Morgan fingerprint density at radius 2 is 1.39 bits per heavy atom. The van der Waals surface area contributed by atoms with Gasteiger partial charge in [0.15, 0.2) is 0 Å². The Kier molecular flexibility index (Phi) is 7.53. The molecule has 0 radical (unpaired) electrons. The van der Waals surface area contributed by atoms with Gasteiger partial charge in [-0.25, -0.2) is 14.4 Å². The molecule has 6 heteroatoms. The van der Waals surface area contributed by atoms with Crippen LogP contribution in [-0.2, 0) is 14.3 Å². The number of fused-ring (bicyclic) bond motifs is 9. The number of hydrogen-bond acceptors (Lipinski definition) is 5. The van der Waals surface area contributed by atoms with Gasteiger partial charge in [0.25, 0.3) is 0 Å². The van der Waals surface area contributed by atoms with Crippen molar-refractivity contribution in [2.45, 2.75) is 26.7 Å². The Balaban J connectivity index is 0.000000322. The van der Waals surface area contributed by atoms with E-state index in [0.717, 1.165) is 0 Å². The fourth-order valence-electron chi connectivity index (χ4n) is 1.57. The van der Waals surface area contributed by atoms with E-state index in [-0.39, 0.29) is 11.9 Å². The van der Waals surface area contributed by atoms with Crippen molar-refractivity contribution in [3.63, 3.8) is 0 Å². The number of aliphatic carboxylic acids is 1. The summed E-state index contributed by atoms with van der Waals surface area (Å²) in [4.78, 5) is 32.8. The summed E-state index contributed by atoms with van der Waals surface area (Å²) in [6, 6.07) is 6.28. The Labute approximate surface area is 134 Å². The predicted octanol–water partition coefficient (Wildman–Crippen LogP) is 2.83. The van der Waals surface area contributed by atoms with Crippen LogP contribution < -0.4 is 0 Å². The van der Waals surface area contributed by atoms with Crippen LogP contribution in [0.4, 0.5) is 0 Å². The number of carboxylic acids is 1. The average molecular weight is 320 g/mol. The SMILES string of the molecule is CC=C(C)C(=O)O.O=C1OCCCCOC(=O)c2ccc1cc2. The van der Waals surface area contributed by atoms with Gasteiger partial charge in [-0.05, 0) is 51.0 Å². The number of hydrogen-bond donors (Lipinski definition) is 1. The summed E-state index contributed by atoms with van der Waals surface area (Å²) in [6.45, 7) is 3.97. The van der Waals surface area contributed by atoms with Crippen LogP contribution >= 0.6 is 0 Å². The molecule has 1 aromatic rings. The number of rotatable bonds is 1. The van der Waals surface area contributed by atoms with Crippen LogP contribution in [0.2, 0.25) is 0 Å². The number of esters is 2. The third-order valence-electron chi connectivity index (χ3n) is 3.13. The van der Waals surface area contributed by atoms with Gasteiger partial charge in [0.2, 0.25) is 0 Å². The first-order valence-electron chi connectivity index (χ1n) is 7.26. The van der Waals surface area contributed by atoms with E-state index in [1.165, 1.54) is 0 Å². The highest BCUT2D eigenvalue weighted by Gasteiger charge is 2.12. The van der Waals surface area contributed by atoms with E-state index < -0.39 is 5.97 Å². The highest BCUT2D eigenvalue weighted by atomic mass is 16.5. The van der Waals surface area contributed by atoms with E-state index in [1.54, 1.807) is 44.2 Å². The van der Waals surface area contributed by atoms with Gasteiger partial charge in [-0.2, -0.15) is 0 Å². The molecule has 2 bridgehead atoms. The maximum Gasteiger partial charge on any atom is 0.338 e. The lowest BCUT2D eigenvalue weighted by atomic mass is 10.1. The summed E-state index contributed by atoms with van der Waals surface area (Å²) in [6.07, 6.45) is 2.96. The Hall–Kier alpha value is -2.63. The maximum atomic E-state index is 11.5. The third-order valence-corrected chi connectivity index (χ3v) is 3.13. The van der Waals surface area contributed by atoms with Gasteiger partial charge < -0.3 is 14.6 Å². The van der Waals surface area contributed by atoms with Gasteiger partial charge in [-0.1, -0.05) is 6.08 Å². The van der Waals surface area contributed by atoms with E-state index in [2.05, 4.69) is 0 Å². The molecule has 1 aromatic carbocycles. The van der Waals surface area contributed by atoms with Gasteiger partial charge >= 0.3 is 17.9 Å². The van der Waals surface area contributed by atoms with Crippen molar-refractivity contribution in [3.8, 4) is 0 Å². The van der Waals surface area contributed by atoms with Crippen LogP contribution in [0.1, 0.15) is 47.4 Å². The summed E-state index contributed by atoms with van der Waals surface area (Å²) >= 11 is 0. The van der Waals surface area contributed by atoms with Gasteiger partial charge in [-0.15, -0.1) is 0 Å². The van der Waals surface area contributed by atoms with Crippen LogP contribution in [0.25, 0.3) is 0 Å². The zero-order valence-corrected chi connectivity index (χ0v) is 13.2. The van der Waals surface area contributed by atoms with E-state index in [1.807, 2.05) is 0 Å². The molecule has 0 amide bonds. The second kappa shape index (κ2) is 9.40. The fraction of sp³-hybridized carbons (Fsp3) is 0.353. The summed E-state index contributed by atoms with van der Waals surface area (Å²) in [5.41, 5.74) is 1.30. The number of carbonyl (C=O) groups is 3. The third kappa shape index (κ3) is 6.34. The monoisotopic (exact) mass is 320 g/mol. The van der Waals surface area contributed by atoms with Crippen molar-refractivity contribution in [1.29, 1.82) is 0 Å². The molecule has 0 unspecified atom stereocenters. The molecule has 2 heterocycles. The molecule has 0 aromatic heterocycles. The maximum absolute atomic E-state index is 11.5. The van der Waals surface area contributed by atoms with Crippen LogP contribution in [0.15, 0.2) is 35.9 Å². The highest BCUT2D eigenvalue weighted by Crippen LogP contribution is 2.09. The molecule has 124 valence electrons. The van der Waals surface area contributed by atoms with Crippen molar-refractivity contribution < 1.29 is 29.0 Å². The quantitative estimate of drug-likeness (QED) is 0.632. The van der Waals surface area contributed by atoms with Gasteiger partial charge in [0.05, 0.1) is 24.3 Å². The number of allylic oxidation sites excluding steroid dienone is 1. The first kappa shape index (κ1) is 18.4. The van der Waals surface area contributed by atoms with Crippen LogP contribution in [0.5, 0.6) is 0 Å². The summed E-state index contributed by atoms with van der Waals surface area (Å²) in [5, 5.41) is 8.11. The molecule has 0 aliphatic carbocycles. The Morgan fingerprint density at radius 1 is 1.00 bits per heavy atom. The van der Waals surface area contributed by atoms with E-state index in [9.17, 15) is 14.4 Å². The minimum Gasteiger partial charge on any atom is -0.478 e. The molecule has 0 saturated carbocycles. The minimum atomic E-state index is -0.845. The average Bonchev–Trinajstić information content (AvgIpc) is 2.56. The standard InChI is InChI=1S/C12H12O4.C5H8O2/c13-11-9-3-5-10(6-4-9)12(14)16-8-2-1-7-15-11;1-3-4(2)5(6)7/h3-6H,1-2,7-8H2;3H,1-2H3,(H,6,7). The predicted molar refractivity (Wildman–Crippen MR) is 83.3 cm³/mol. The Morgan fingerprint density at radius 3 is 1.65 bits per heavy atom. The molecule has 1 N–H and O–H groups in total. The highest BCUT2D eigenvalue weighted by molar-refractivity contribution is 5.93. The topological polar surface area (TPSA) is 89.9 Å². The number of carbonyl (C=O) groups excluding carboxylic acids is 2. The van der Waals surface area contributed by atoms with Crippen molar-refractivity contribution in [3.05, 3.63) is 47.0 Å². The number of benzene rings is 1. The lowest BCUT2D eigenvalue weighted by Gasteiger charge is -2.09. The molecule has 23 heavy (non-hydrogen) atoms. The first-order chi connectivity index (χ1) is 11.0. The van der Waals surface area contributed by atoms with Crippen LogP contribution in [0.3, 0.4) is 0 Å². The molecule has 2 aliphatic heterocycles. The largest absolute Gasteiger partial charge is 0.478 e. The molecule has 6 nitrogen and oxygen atoms in total. The molecule has 2 aliphatic rings. The fourth-order valence-corrected chi connectivity index (χ4v) is 1.57. The number of ether oxygens (including phenoxy) is 2. The Bertz CT molecular complexity index is 547. The minimum absolute atomic E-state index is 0.347. The second-order valence-electron chi connectivity index (χ2n) is 4.83. The molecular weight excluding hydrogens is 300 g/mol. The molecule has 0 atom stereocenters. The van der Waals surface area contributed by atoms with Crippen molar-refractivity contribution in [2.75, 3.05) is 13.2 Å². The summed E-state index contributed by atoms with van der Waals surface area (Å²) in [7, 11) is 0. The number of carboxylic acid groups (broad SMARTS) is 1. The molecular formula is C17H20O6. The van der Waals surface area contributed by atoms with Gasteiger partial charge in [0, 0.05) is 5.57 Å². The van der Waals surface area contributed by atoms with Crippen molar-refractivity contribution in [2.24, 2.45) is 0 Å². The molecule has 0 saturated heterocycles. The summed E-state index contributed by atoms with van der Waals surface area (Å²) in [5.74, 6) is -1.54. The molecule has 0 fully saturated rings. The lowest BCUT2D eigenvalue weighted by Crippen LogP contribution is -2.12. The van der Waals surface area contributed by atoms with Crippen molar-refractivity contribution in [1.82, 2.24) is 0 Å². The van der Waals surface area contributed by atoms with E-state index in [0.29, 0.717) is 42.8 Å². The molecule has 0 spiro atoms. The normalized spacial score (nSPS) is 15.3. The zero-order chi connectivity index (χ0) is 17.2. The molecule has 3 rings (SSSR count). The van der Waals surface area contributed by atoms with Gasteiger partial charge in [-0.3, -0.25) is 0 Å². The second-order valence-corrected chi connectivity index (χ2v) is 4.83. The van der Waals surface area contributed by atoms with Crippen molar-refractivity contribution >= 4 is 17.9 Å². The zero-order valence-electron chi connectivity index (χ0n) is 13.2. The van der Waals surface area contributed by atoms with E-state index in [4.69, 9.17) is 14.6 Å². The summed E-state index contributed by atoms with van der Waals surface area (Å²) < 4.78 is 10.1. The first-order valence-corrected chi connectivity index (χ1v) is 7.26. The van der Waals surface area contributed by atoms with E-state index >= 15 is 0 Å². The van der Waals surface area contributed by atoms with Gasteiger partial charge in [0.1, 0.15) is 0 Å². The lowest BCUT2D eigenvalue weighted by molar-refractivity contribution is -0.132. The van der Waals surface area contributed by atoms with Crippen LogP contribution in [-0.4, -0.2) is 36.2 Å². The smallest absolute Gasteiger partial charge is 0.338 e.